The highest BCUT2D eigenvalue weighted by Crippen LogP contribution is 2.38. The number of hydrogen-bond acceptors (Lipinski definition) is 2. The first-order valence-corrected chi connectivity index (χ1v) is 8.91. The summed E-state index contributed by atoms with van der Waals surface area (Å²) in [4.78, 5) is 11.5. The van der Waals surface area contributed by atoms with E-state index >= 15 is 0 Å². The van der Waals surface area contributed by atoms with Gasteiger partial charge in [0.15, 0.2) is 0 Å². The third-order valence-corrected chi connectivity index (χ3v) is 5.54. The number of carbonyl (C=O) groups excluding carboxylic acids is 1. The van der Waals surface area contributed by atoms with Gasteiger partial charge in [-0.1, -0.05) is 55.1 Å². The van der Waals surface area contributed by atoms with Crippen molar-refractivity contribution in [3.8, 4) is 11.1 Å². The van der Waals surface area contributed by atoms with Gasteiger partial charge >= 0.3 is 5.97 Å². The number of fused-ring (bicyclic) bond motifs is 3. The molecule has 0 fully saturated rings. The maximum Gasteiger partial charge on any atom is 0.307 e. The third-order valence-electron chi connectivity index (χ3n) is 4.48. The number of benzene rings is 2. The average molecular weight is 387 g/mol. The van der Waals surface area contributed by atoms with Gasteiger partial charge in [-0.25, -0.2) is 0 Å². The van der Waals surface area contributed by atoms with Crippen LogP contribution in [0.4, 0.5) is 0 Å². The molecule has 1 aliphatic heterocycles. The second-order valence-electron chi connectivity index (χ2n) is 6.22. The summed E-state index contributed by atoms with van der Waals surface area (Å²) in [5.74, 6) is -0.288. The van der Waals surface area contributed by atoms with Crippen molar-refractivity contribution >= 4 is 21.9 Å². The molecule has 0 spiro atoms. The SMILES string of the molecule is C=CC[N+]1(C(Br)OC(C)=O)Cc2ccccc2-c2ccccc2C1. The van der Waals surface area contributed by atoms with Gasteiger partial charge in [-0.15, -0.1) is 0 Å². The number of carbonyl (C=O) groups is 1. The molecular formula is C20H21BrNO2+. The zero-order chi connectivity index (χ0) is 17.2. The number of rotatable bonds is 4. The highest BCUT2D eigenvalue weighted by molar-refractivity contribution is 9.09. The molecule has 0 radical (unpaired) electrons. The molecule has 0 aliphatic carbocycles. The molecule has 124 valence electrons. The monoisotopic (exact) mass is 386 g/mol. The third kappa shape index (κ3) is 3.17. The second-order valence-corrected chi connectivity index (χ2v) is 7.01. The maximum atomic E-state index is 11.5. The van der Waals surface area contributed by atoms with Crippen LogP contribution in [0.2, 0.25) is 0 Å². The van der Waals surface area contributed by atoms with Crippen molar-refractivity contribution in [1.82, 2.24) is 0 Å². The molecule has 0 amide bonds. The number of esters is 1. The molecule has 0 aromatic heterocycles. The van der Waals surface area contributed by atoms with Crippen LogP contribution >= 0.6 is 15.9 Å². The van der Waals surface area contributed by atoms with E-state index < -0.39 is 5.14 Å². The quantitative estimate of drug-likeness (QED) is 0.252. The Kier molecular flexibility index (Phi) is 4.88. The lowest BCUT2D eigenvalue weighted by atomic mass is 9.97. The summed E-state index contributed by atoms with van der Waals surface area (Å²) in [6, 6.07) is 16.9. The molecule has 0 saturated heterocycles. The molecule has 1 heterocycles. The van der Waals surface area contributed by atoms with Gasteiger partial charge in [-0.05, 0) is 17.2 Å². The standard InChI is InChI=1S/C20H21BrNO2/c1-3-12-22(20(21)24-15(2)23)13-16-8-4-6-10-18(16)19-11-7-5-9-17(19)14-22/h3-11,20H,1,12-14H2,2H3/q+1. The highest BCUT2D eigenvalue weighted by atomic mass is 79.9. The Hall–Kier alpha value is -1.91. The molecular weight excluding hydrogens is 366 g/mol. The summed E-state index contributed by atoms with van der Waals surface area (Å²) < 4.78 is 6.09. The Morgan fingerprint density at radius 2 is 1.67 bits per heavy atom. The zero-order valence-electron chi connectivity index (χ0n) is 13.7. The molecule has 2 aromatic carbocycles. The first-order valence-electron chi connectivity index (χ1n) is 8.00. The second kappa shape index (κ2) is 6.91. The van der Waals surface area contributed by atoms with Crippen molar-refractivity contribution in [2.24, 2.45) is 0 Å². The summed E-state index contributed by atoms with van der Waals surface area (Å²) in [6.07, 6.45) is 1.90. The lowest BCUT2D eigenvalue weighted by molar-refractivity contribution is -0.971. The van der Waals surface area contributed by atoms with Crippen LogP contribution < -0.4 is 0 Å². The van der Waals surface area contributed by atoms with Crippen LogP contribution in [0.5, 0.6) is 0 Å². The smallest absolute Gasteiger partial charge is 0.307 e. The van der Waals surface area contributed by atoms with Crippen molar-refractivity contribution < 1.29 is 14.0 Å². The minimum Gasteiger partial charge on any atom is -0.402 e. The first-order chi connectivity index (χ1) is 11.6. The molecule has 1 aliphatic rings. The predicted octanol–water partition coefficient (Wildman–Crippen LogP) is 4.61. The molecule has 0 saturated carbocycles. The van der Waals surface area contributed by atoms with E-state index in [2.05, 4.69) is 71.0 Å². The molecule has 3 rings (SSSR count). The predicted molar refractivity (Wildman–Crippen MR) is 99.1 cm³/mol. The minimum atomic E-state index is -0.424. The van der Waals surface area contributed by atoms with E-state index in [0.29, 0.717) is 11.0 Å². The number of hydrogen-bond donors (Lipinski definition) is 0. The lowest BCUT2D eigenvalue weighted by Crippen LogP contribution is -2.52. The van der Waals surface area contributed by atoms with E-state index in [4.69, 9.17) is 4.74 Å². The summed E-state index contributed by atoms with van der Waals surface area (Å²) >= 11 is 3.62. The highest BCUT2D eigenvalue weighted by Gasteiger charge is 2.40. The van der Waals surface area contributed by atoms with Gasteiger partial charge < -0.3 is 4.74 Å². The van der Waals surface area contributed by atoms with Crippen molar-refractivity contribution in [1.29, 1.82) is 0 Å². The number of ether oxygens (including phenoxy) is 1. The summed E-state index contributed by atoms with van der Waals surface area (Å²) in [5, 5.41) is -0.424. The Morgan fingerprint density at radius 3 is 2.12 bits per heavy atom. The van der Waals surface area contributed by atoms with Gasteiger partial charge in [0.25, 0.3) is 5.14 Å². The first kappa shape index (κ1) is 16.9. The fourth-order valence-corrected chi connectivity index (χ4v) is 4.16. The fourth-order valence-electron chi connectivity index (χ4n) is 3.44. The van der Waals surface area contributed by atoms with Crippen LogP contribution in [0.25, 0.3) is 11.1 Å². The molecule has 3 nitrogen and oxygen atoms in total. The van der Waals surface area contributed by atoms with Gasteiger partial charge in [-0.3, -0.25) is 9.28 Å². The fraction of sp³-hybridized carbons (Fsp3) is 0.250. The topological polar surface area (TPSA) is 26.3 Å². The molecule has 2 aromatic rings. The van der Waals surface area contributed by atoms with Crippen molar-refractivity contribution in [3.63, 3.8) is 0 Å². The largest absolute Gasteiger partial charge is 0.402 e. The average Bonchev–Trinajstić information content (AvgIpc) is 2.69. The number of quaternary nitrogens is 1. The van der Waals surface area contributed by atoms with Crippen molar-refractivity contribution in [2.75, 3.05) is 6.54 Å². The van der Waals surface area contributed by atoms with Crippen LogP contribution in [0, 0.1) is 0 Å². The Bertz CT molecular complexity index is 724. The molecule has 0 N–H and O–H groups in total. The zero-order valence-corrected chi connectivity index (χ0v) is 15.3. The van der Waals surface area contributed by atoms with Gasteiger partial charge in [0.1, 0.15) is 19.6 Å². The van der Waals surface area contributed by atoms with Gasteiger partial charge in [-0.2, -0.15) is 0 Å². The van der Waals surface area contributed by atoms with Crippen LogP contribution in [-0.4, -0.2) is 22.1 Å². The van der Waals surface area contributed by atoms with E-state index in [0.717, 1.165) is 13.1 Å². The molecule has 1 atom stereocenters. The minimum absolute atomic E-state index is 0.288. The summed E-state index contributed by atoms with van der Waals surface area (Å²) in [6.45, 7) is 7.60. The number of alkyl halides is 1. The molecule has 24 heavy (non-hydrogen) atoms. The van der Waals surface area contributed by atoms with Crippen LogP contribution in [0.3, 0.4) is 0 Å². The Labute approximate surface area is 151 Å². The van der Waals surface area contributed by atoms with E-state index in [1.54, 1.807) is 0 Å². The Balaban J connectivity index is 2.16. The van der Waals surface area contributed by atoms with Gasteiger partial charge in [0.2, 0.25) is 0 Å². The molecule has 4 heteroatoms. The normalized spacial score (nSPS) is 16.2. The van der Waals surface area contributed by atoms with Gasteiger partial charge in [0.05, 0.1) is 0 Å². The maximum absolute atomic E-state index is 11.5. The van der Waals surface area contributed by atoms with Crippen molar-refractivity contribution in [2.45, 2.75) is 25.2 Å². The van der Waals surface area contributed by atoms with Gasteiger partial charge in [0, 0.05) is 34.0 Å². The van der Waals surface area contributed by atoms with E-state index in [9.17, 15) is 4.79 Å². The Morgan fingerprint density at radius 1 is 1.17 bits per heavy atom. The van der Waals surface area contributed by atoms with Crippen LogP contribution in [-0.2, 0) is 22.6 Å². The molecule has 0 bridgehead atoms. The van der Waals surface area contributed by atoms with Crippen LogP contribution in [0.15, 0.2) is 61.2 Å². The lowest BCUT2D eigenvalue weighted by Gasteiger charge is -2.40. The van der Waals surface area contributed by atoms with Crippen LogP contribution in [0.1, 0.15) is 18.1 Å². The number of halogens is 1. The van der Waals surface area contributed by atoms with E-state index in [-0.39, 0.29) is 5.97 Å². The summed E-state index contributed by atoms with van der Waals surface area (Å²) in [7, 11) is 0. The van der Waals surface area contributed by atoms with E-state index in [1.807, 2.05) is 6.08 Å². The molecule has 1 unspecified atom stereocenters. The summed E-state index contributed by atoms with van der Waals surface area (Å²) in [5.41, 5.74) is 5.00. The van der Waals surface area contributed by atoms with Crippen molar-refractivity contribution in [3.05, 3.63) is 72.3 Å². The van der Waals surface area contributed by atoms with E-state index in [1.165, 1.54) is 29.2 Å². The number of nitrogens with zero attached hydrogens (tertiary/aromatic N) is 1.